The molecule has 1 atom stereocenters. The molecule has 2 heterocycles. The number of halogens is 3. The van der Waals surface area contributed by atoms with Crippen LogP contribution in [0.1, 0.15) is 17.5 Å². The molecule has 0 bridgehead atoms. The summed E-state index contributed by atoms with van der Waals surface area (Å²) in [7, 11) is 0. The van der Waals surface area contributed by atoms with Crippen LogP contribution in [0.4, 0.5) is 18.9 Å². The molecule has 9 heteroatoms. The molecule has 31 heavy (non-hydrogen) atoms. The first-order chi connectivity index (χ1) is 14.8. The van der Waals surface area contributed by atoms with Gasteiger partial charge in [-0.15, -0.1) is 0 Å². The Morgan fingerprint density at radius 1 is 1.06 bits per heavy atom. The Morgan fingerprint density at radius 3 is 2.32 bits per heavy atom. The SMILES string of the molecule is O=C(Cc1ccccc1)N1N=C(c2ccc(N3CCOCC3)cc2)CC1(O)C(F)(F)F. The van der Waals surface area contributed by atoms with Crippen molar-refractivity contribution >= 4 is 17.3 Å². The second-order valence-corrected chi connectivity index (χ2v) is 7.55. The minimum absolute atomic E-state index is 0.00904. The first-order valence-electron chi connectivity index (χ1n) is 9.95. The number of carbonyl (C=O) groups excluding carboxylic acids is 1. The van der Waals surface area contributed by atoms with Crippen molar-refractivity contribution < 1.29 is 27.8 Å². The molecule has 6 nitrogen and oxygen atoms in total. The van der Waals surface area contributed by atoms with Crippen molar-refractivity contribution in [1.29, 1.82) is 0 Å². The maximum atomic E-state index is 13.8. The molecule has 1 fully saturated rings. The number of hydrogen-bond acceptors (Lipinski definition) is 5. The highest BCUT2D eigenvalue weighted by Crippen LogP contribution is 2.41. The average molecular weight is 433 g/mol. The van der Waals surface area contributed by atoms with E-state index in [1.165, 1.54) is 0 Å². The van der Waals surface area contributed by atoms with E-state index in [9.17, 15) is 23.1 Å². The maximum absolute atomic E-state index is 13.8. The Bertz CT molecular complexity index is 957. The van der Waals surface area contributed by atoms with Crippen LogP contribution in [0, 0.1) is 0 Å². The van der Waals surface area contributed by atoms with Crippen LogP contribution in [-0.4, -0.2) is 59.9 Å². The van der Waals surface area contributed by atoms with E-state index >= 15 is 0 Å². The van der Waals surface area contributed by atoms with Crippen LogP contribution in [0.3, 0.4) is 0 Å². The number of rotatable bonds is 4. The molecule has 1 unspecified atom stereocenters. The van der Waals surface area contributed by atoms with Crippen LogP contribution in [0.2, 0.25) is 0 Å². The van der Waals surface area contributed by atoms with Gasteiger partial charge in [-0.3, -0.25) is 4.79 Å². The van der Waals surface area contributed by atoms with Gasteiger partial charge in [-0.1, -0.05) is 42.5 Å². The van der Waals surface area contributed by atoms with Gasteiger partial charge in [0.2, 0.25) is 5.91 Å². The predicted molar refractivity (Wildman–Crippen MR) is 109 cm³/mol. The normalized spacial score (nSPS) is 21.9. The summed E-state index contributed by atoms with van der Waals surface area (Å²) < 4.78 is 46.6. The van der Waals surface area contributed by atoms with Gasteiger partial charge in [0.15, 0.2) is 0 Å². The number of morpholine rings is 1. The lowest BCUT2D eigenvalue weighted by Gasteiger charge is -2.32. The lowest BCUT2D eigenvalue weighted by molar-refractivity contribution is -0.302. The maximum Gasteiger partial charge on any atom is 0.438 e. The van der Waals surface area contributed by atoms with Crippen LogP contribution in [0.25, 0.3) is 0 Å². The third-order valence-electron chi connectivity index (χ3n) is 5.45. The van der Waals surface area contributed by atoms with E-state index in [1.54, 1.807) is 54.6 Å². The Labute approximate surface area is 177 Å². The Kier molecular flexibility index (Phi) is 5.72. The number of ether oxygens (including phenoxy) is 1. The Balaban J connectivity index is 1.59. The second kappa shape index (κ2) is 8.32. The molecule has 2 aromatic rings. The summed E-state index contributed by atoms with van der Waals surface area (Å²) in [5.74, 6) is -0.925. The molecule has 1 saturated heterocycles. The fourth-order valence-corrected chi connectivity index (χ4v) is 3.72. The van der Waals surface area contributed by atoms with Crippen LogP contribution >= 0.6 is 0 Å². The summed E-state index contributed by atoms with van der Waals surface area (Å²) in [6.07, 6.45) is -6.18. The molecule has 0 saturated carbocycles. The minimum atomic E-state index is -5.06. The highest BCUT2D eigenvalue weighted by atomic mass is 19.4. The van der Waals surface area contributed by atoms with Gasteiger partial charge in [0.05, 0.1) is 31.8 Å². The van der Waals surface area contributed by atoms with Crippen LogP contribution < -0.4 is 4.90 Å². The van der Waals surface area contributed by atoms with Crippen molar-refractivity contribution in [3.8, 4) is 0 Å². The van der Waals surface area contributed by atoms with E-state index in [2.05, 4.69) is 10.0 Å². The average Bonchev–Trinajstić information content (AvgIpc) is 3.14. The van der Waals surface area contributed by atoms with Crippen molar-refractivity contribution in [2.45, 2.75) is 24.7 Å². The highest BCUT2D eigenvalue weighted by molar-refractivity contribution is 6.03. The molecule has 2 aliphatic rings. The minimum Gasteiger partial charge on any atom is -0.378 e. The summed E-state index contributed by atoms with van der Waals surface area (Å²) in [5, 5.41) is 14.6. The second-order valence-electron chi connectivity index (χ2n) is 7.55. The molecule has 1 amide bonds. The van der Waals surface area contributed by atoms with E-state index in [-0.39, 0.29) is 17.1 Å². The predicted octanol–water partition coefficient (Wildman–Crippen LogP) is 2.95. The molecule has 0 radical (unpaired) electrons. The summed E-state index contributed by atoms with van der Waals surface area (Å²) in [6, 6.07) is 15.3. The van der Waals surface area contributed by atoms with E-state index in [4.69, 9.17) is 4.74 Å². The first kappa shape index (κ1) is 21.3. The van der Waals surface area contributed by atoms with Gasteiger partial charge >= 0.3 is 6.18 Å². The molecule has 2 aliphatic heterocycles. The van der Waals surface area contributed by atoms with Crippen molar-refractivity contribution in [2.24, 2.45) is 5.10 Å². The fourth-order valence-electron chi connectivity index (χ4n) is 3.72. The number of hydrogen-bond donors (Lipinski definition) is 1. The van der Waals surface area contributed by atoms with Gasteiger partial charge in [0.1, 0.15) is 0 Å². The molecule has 1 N–H and O–H groups in total. The van der Waals surface area contributed by atoms with Crippen LogP contribution in [-0.2, 0) is 16.0 Å². The first-order valence-corrected chi connectivity index (χ1v) is 9.95. The number of hydrazone groups is 1. The smallest absolute Gasteiger partial charge is 0.378 e. The van der Waals surface area contributed by atoms with Crippen LogP contribution in [0.15, 0.2) is 59.7 Å². The van der Waals surface area contributed by atoms with E-state index < -0.39 is 24.2 Å². The topological polar surface area (TPSA) is 65.4 Å². The molecule has 0 aromatic heterocycles. The van der Waals surface area contributed by atoms with Crippen molar-refractivity contribution in [2.75, 3.05) is 31.2 Å². The number of nitrogens with zero attached hydrogens (tertiary/aromatic N) is 3. The summed E-state index contributed by atoms with van der Waals surface area (Å²) in [5.41, 5.74) is -1.48. The molecular formula is C22H22F3N3O3. The molecular weight excluding hydrogens is 411 g/mol. The number of amides is 1. The zero-order valence-corrected chi connectivity index (χ0v) is 16.7. The Hall–Kier alpha value is -2.91. The largest absolute Gasteiger partial charge is 0.438 e. The number of alkyl halides is 3. The number of anilines is 1. The van der Waals surface area contributed by atoms with Crippen molar-refractivity contribution in [3.63, 3.8) is 0 Å². The summed E-state index contributed by atoms with van der Waals surface area (Å²) >= 11 is 0. The Morgan fingerprint density at radius 2 is 1.71 bits per heavy atom. The fraction of sp³-hybridized carbons (Fsp3) is 0.364. The lowest BCUT2D eigenvalue weighted by Crippen LogP contribution is -2.57. The van der Waals surface area contributed by atoms with Gasteiger partial charge in [0.25, 0.3) is 5.72 Å². The van der Waals surface area contributed by atoms with Crippen LogP contribution in [0.5, 0.6) is 0 Å². The third-order valence-corrected chi connectivity index (χ3v) is 5.45. The van der Waals surface area contributed by atoms with Gasteiger partial charge in [-0.2, -0.15) is 23.3 Å². The van der Waals surface area contributed by atoms with Crippen molar-refractivity contribution in [3.05, 3.63) is 65.7 Å². The third kappa shape index (κ3) is 4.28. The van der Waals surface area contributed by atoms with Crippen molar-refractivity contribution in [1.82, 2.24) is 5.01 Å². The lowest BCUT2D eigenvalue weighted by atomic mass is 10.00. The monoisotopic (exact) mass is 433 g/mol. The highest BCUT2D eigenvalue weighted by Gasteiger charge is 2.63. The molecule has 0 spiro atoms. The molecule has 164 valence electrons. The zero-order valence-electron chi connectivity index (χ0n) is 16.7. The van der Waals surface area contributed by atoms with E-state index in [0.717, 1.165) is 18.8 Å². The van der Waals surface area contributed by atoms with Gasteiger partial charge in [0, 0.05) is 18.8 Å². The molecule has 2 aromatic carbocycles. The summed E-state index contributed by atoms with van der Waals surface area (Å²) in [6.45, 7) is 2.70. The standard InChI is InChI=1S/C22H22F3N3O3/c23-22(24,25)21(30)15-19(26-28(21)20(29)14-16-4-2-1-3-5-16)17-6-8-18(9-7-17)27-10-12-31-13-11-27/h1-9,30H,10-15H2. The number of carbonyl (C=O) groups is 1. The van der Waals surface area contributed by atoms with E-state index in [1.807, 2.05) is 0 Å². The van der Waals surface area contributed by atoms with Gasteiger partial charge in [-0.05, 0) is 23.3 Å². The number of aliphatic hydroxyl groups is 1. The van der Waals surface area contributed by atoms with Gasteiger partial charge < -0.3 is 14.7 Å². The number of benzene rings is 2. The van der Waals surface area contributed by atoms with Gasteiger partial charge in [-0.25, -0.2) is 0 Å². The molecule has 0 aliphatic carbocycles. The molecule has 4 rings (SSSR count). The zero-order chi connectivity index (χ0) is 22.1. The summed E-state index contributed by atoms with van der Waals surface area (Å²) in [4.78, 5) is 14.8. The van der Waals surface area contributed by atoms with E-state index in [0.29, 0.717) is 24.3 Å². The quantitative estimate of drug-likeness (QED) is 0.805.